The van der Waals surface area contributed by atoms with Gasteiger partial charge in [-0.15, -0.1) is 0 Å². The van der Waals surface area contributed by atoms with Crippen LogP contribution in [0.25, 0.3) is 0 Å². The topological polar surface area (TPSA) is 72.2 Å². The Morgan fingerprint density at radius 1 is 1.43 bits per heavy atom. The molecule has 0 aromatic carbocycles. The normalized spacial score (nSPS) is 20.0. The Hall–Kier alpha value is -0.130. The Labute approximate surface area is 86.3 Å². The summed E-state index contributed by atoms with van der Waals surface area (Å²) >= 11 is 0. The maximum absolute atomic E-state index is 11.4. The third kappa shape index (κ3) is 4.39. The lowest BCUT2D eigenvalue weighted by Gasteiger charge is -2.16. The van der Waals surface area contributed by atoms with Crippen LogP contribution in [0, 0.1) is 11.8 Å². The van der Waals surface area contributed by atoms with Crippen molar-refractivity contribution in [2.24, 2.45) is 17.6 Å². The van der Waals surface area contributed by atoms with Gasteiger partial charge >= 0.3 is 0 Å². The van der Waals surface area contributed by atoms with Crippen LogP contribution in [0.3, 0.4) is 0 Å². The monoisotopic (exact) mass is 220 g/mol. The van der Waals surface area contributed by atoms with E-state index in [1.807, 2.05) is 13.8 Å². The zero-order chi connectivity index (χ0) is 10.8. The fourth-order valence-electron chi connectivity index (χ4n) is 1.11. The summed E-state index contributed by atoms with van der Waals surface area (Å²) in [5, 5.41) is 0. The van der Waals surface area contributed by atoms with Crippen molar-refractivity contribution in [3.8, 4) is 0 Å². The van der Waals surface area contributed by atoms with E-state index in [1.165, 1.54) is 0 Å². The van der Waals surface area contributed by atoms with Crippen molar-refractivity contribution in [1.29, 1.82) is 0 Å². The van der Waals surface area contributed by atoms with Gasteiger partial charge in [0.15, 0.2) is 0 Å². The number of hydrogen-bond acceptors (Lipinski definition) is 3. The van der Waals surface area contributed by atoms with Crippen molar-refractivity contribution in [1.82, 2.24) is 4.72 Å². The largest absolute Gasteiger partial charge is 0.326 e. The molecule has 1 fully saturated rings. The molecule has 84 valence electrons. The molecule has 0 aliphatic heterocycles. The fourth-order valence-corrected chi connectivity index (χ4v) is 2.63. The van der Waals surface area contributed by atoms with Crippen LogP contribution in [0.4, 0.5) is 0 Å². The molecule has 4 nitrogen and oxygen atoms in total. The Morgan fingerprint density at radius 2 is 2.00 bits per heavy atom. The van der Waals surface area contributed by atoms with E-state index < -0.39 is 10.0 Å². The lowest BCUT2D eigenvalue weighted by molar-refractivity contribution is 0.481. The lowest BCUT2D eigenvalue weighted by Crippen LogP contribution is -2.41. The number of rotatable bonds is 6. The van der Waals surface area contributed by atoms with E-state index in [0.29, 0.717) is 18.4 Å². The number of nitrogens with one attached hydrogen (secondary N) is 1. The standard InChI is InChI=1S/C9H20N2O2S/c1-7(2)9(10)5-11-14(12,13)6-8-3-4-8/h7-9,11H,3-6,10H2,1-2H3. The summed E-state index contributed by atoms with van der Waals surface area (Å²) in [6.07, 6.45) is 2.11. The molecule has 5 heteroatoms. The third-order valence-electron chi connectivity index (χ3n) is 2.55. The van der Waals surface area contributed by atoms with Gasteiger partial charge in [-0.3, -0.25) is 0 Å². The van der Waals surface area contributed by atoms with E-state index >= 15 is 0 Å². The lowest BCUT2D eigenvalue weighted by atomic mass is 10.1. The number of hydrogen-bond donors (Lipinski definition) is 2. The van der Waals surface area contributed by atoms with Crippen LogP contribution in [-0.2, 0) is 10.0 Å². The van der Waals surface area contributed by atoms with E-state index in [9.17, 15) is 8.42 Å². The Kier molecular flexibility index (Phi) is 3.92. The SMILES string of the molecule is CC(C)C(N)CNS(=O)(=O)CC1CC1. The predicted molar refractivity (Wildman–Crippen MR) is 57.3 cm³/mol. The van der Waals surface area contributed by atoms with Gasteiger partial charge in [0.2, 0.25) is 10.0 Å². The second-order valence-electron chi connectivity index (χ2n) is 4.48. The highest BCUT2D eigenvalue weighted by molar-refractivity contribution is 7.89. The summed E-state index contributed by atoms with van der Waals surface area (Å²) in [4.78, 5) is 0. The molecule has 3 N–H and O–H groups in total. The van der Waals surface area contributed by atoms with Crippen LogP contribution in [0.5, 0.6) is 0 Å². The summed E-state index contributed by atoms with van der Waals surface area (Å²) < 4.78 is 25.4. The molecule has 0 aromatic heterocycles. The molecule has 1 saturated carbocycles. The minimum Gasteiger partial charge on any atom is -0.326 e. The van der Waals surface area contributed by atoms with Gasteiger partial charge in [0.1, 0.15) is 0 Å². The van der Waals surface area contributed by atoms with Gasteiger partial charge in [-0.2, -0.15) is 0 Å². The van der Waals surface area contributed by atoms with Gasteiger partial charge in [-0.25, -0.2) is 13.1 Å². The molecule has 0 bridgehead atoms. The fraction of sp³-hybridized carbons (Fsp3) is 1.00. The molecule has 0 heterocycles. The van der Waals surface area contributed by atoms with E-state index in [1.54, 1.807) is 0 Å². The van der Waals surface area contributed by atoms with E-state index in [2.05, 4.69) is 4.72 Å². The molecule has 1 atom stereocenters. The van der Waals surface area contributed by atoms with Crippen LogP contribution in [0.2, 0.25) is 0 Å². The minimum absolute atomic E-state index is 0.0935. The van der Waals surface area contributed by atoms with Crippen molar-refractivity contribution in [2.75, 3.05) is 12.3 Å². The Bertz CT molecular complexity index is 271. The van der Waals surface area contributed by atoms with Gasteiger partial charge in [0.05, 0.1) is 5.75 Å². The van der Waals surface area contributed by atoms with E-state index in [0.717, 1.165) is 12.8 Å². The van der Waals surface area contributed by atoms with Crippen LogP contribution < -0.4 is 10.5 Å². The second kappa shape index (κ2) is 4.59. The molecule has 1 aliphatic carbocycles. The van der Waals surface area contributed by atoms with Crippen LogP contribution in [0.15, 0.2) is 0 Å². The molecular formula is C9H20N2O2S. The first kappa shape index (κ1) is 11.9. The van der Waals surface area contributed by atoms with Crippen molar-refractivity contribution in [2.45, 2.75) is 32.7 Å². The molecule has 0 radical (unpaired) electrons. The van der Waals surface area contributed by atoms with Crippen molar-refractivity contribution in [3.63, 3.8) is 0 Å². The molecule has 0 amide bonds. The summed E-state index contributed by atoms with van der Waals surface area (Å²) in [5.74, 6) is 0.971. The predicted octanol–water partition coefficient (Wildman–Crippen LogP) is 0.299. The van der Waals surface area contributed by atoms with E-state index in [-0.39, 0.29) is 11.8 Å². The van der Waals surface area contributed by atoms with Gasteiger partial charge in [0.25, 0.3) is 0 Å². The molecule has 0 aromatic rings. The highest BCUT2D eigenvalue weighted by Crippen LogP contribution is 2.29. The van der Waals surface area contributed by atoms with Gasteiger partial charge in [0, 0.05) is 12.6 Å². The Morgan fingerprint density at radius 3 is 2.43 bits per heavy atom. The molecule has 1 unspecified atom stereocenters. The van der Waals surface area contributed by atoms with Gasteiger partial charge < -0.3 is 5.73 Å². The summed E-state index contributed by atoms with van der Waals surface area (Å²) in [7, 11) is -3.08. The Balaban J connectivity index is 2.28. The maximum atomic E-state index is 11.4. The van der Waals surface area contributed by atoms with Gasteiger partial charge in [-0.05, 0) is 24.7 Å². The number of nitrogens with two attached hydrogens (primary N) is 1. The molecule has 0 spiro atoms. The van der Waals surface area contributed by atoms with Crippen LogP contribution >= 0.6 is 0 Å². The van der Waals surface area contributed by atoms with Gasteiger partial charge in [-0.1, -0.05) is 13.8 Å². The summed E-state index contributed by atoms with van der Waals surface area (Å²) in [5.41, 5.74) is 5.74. The average molecular weight is 220 g/mol. The molecular weight excluding hydrogens is 200 g/mol. The molecule has 1 rings (SSSR count). The minimum atomic E-state index is -3.08. The molecule has 14 heavy (non-hydrogen) atoms. The first-order chi connectivity index (χ1) is 6.41. The zero-order valence-corrected chi connectivity index (χ0v) is 9.68. The van der Waals surface area contributed by atoms with Crippen LogP contribution in [0.1, 0.15) is 26.7 Å². The third-order valence-corrected chi connectivity index (χ3v) is 4.06. The average Bonchev–Trinajstić information content (AvgIpc) is 2.83. The quantitative estimate of drug-likeness (QED) is 0.676. The van der Waals surface area contributed by atoms with Crippen molar-refractivity contribution in [3.05, 3.63) is 0 Å². The van der Waals surface area contributed by atoms with Crippen molar-refractivity contribution < 1.29 is 8.42 Å². The highest BCUT2D eigenvalue weighted by Gasteiger charge is 2.28. The summed E-state index contributed by atoms with van der Waals surface area (Å²) in [6.45, 7) is 4.33. The second-order valence-corrected chi connectivity index (χ2v) is 6.33. The first-order valence-corrected chi connectivity index (χ1v) is 6.79. The molecule has 0 saturated heterocycles. The smallest absolute Gasteiger partial charge is 0.211 e. The summed E-state index contributed by atoms with van der Waals surface area (Å²) in [6, 6.07) is -0.0935. The van der Waals surface area contributed by atoms with Crippen LogP contribution in [-0.4, -0.2) is 26.8 Å². The first-order valence-electron chi connectivity index (χ1n) is 5.13. The molecule has 1 aliphatic rings. The zero-order valence-electron chi connectivity index (χ0n) is 8.86. The number of sulfonamides is 1. The van der Waals surface area contributed by atoms with E-state index in [4.69, 9.17) is 5.73 Å². The maximum Gasteiger partial charge on any atom is 0.211 e. The van der Waals surface area contributed by atoms with Crippen molar-refractivity contribution >= 4 is 10.0 Å². The highest BCUT2D eigenvalue weighted by atomic mass is 32.2.